The molecule has 0 radical (unpaired) electrons. The fraction of sp³-hybridized carbons (Fsp3) is 0.333. The second kappa shape index (κ2) is 4.76. The maximum atomic E-state index is 2.26. The minimum absolute atomic E-state index is 0.594. The molecule has 0 N–H and O–H groups in total. The Labute approximate surface area is 75.0 Å². The lowest BCUT2D eigenvalue weighted by molar-refractivity contribution is 0.784. The van der Waals surface area contributed by atoms with Gasteiger partial charge in [-0.1, -0.05) is 42.5 Å². The SMILES string of the molecule is C/C=C\C(=C/C)C1C=CC=CC1. The van der Waals surface area contributed by atoms with Crippen molar-refractivity contribution in [2.45, 2.75) is 20.3 Å². The van der Waals surface area contributed by atoms with E-state index in [9.17, 15) is 0 Å². The van der Waals surface area contributed by atoms with Gasteiger partial charge in [0.25, 0.3) is 0 Å². The minimum Gasteiger partial charge on any atom is -0.0874 e. The first-order chi connectivity index (χ1) is 5.88. The third-order valence-electron chi connectivity index (χ3n) is 2.10. The van der Waals surface area contributed by atoms with Crippen LogP contribution in [0.1, 0.15) is 20.3 Å². The second-order valence-electron chi connectivity index (χ2n) is 2.94. The Balaban J connectivity index is 2.68. The van der Waals surface area contributed by atoms with Gasteiger partial charge in [0.05, 0.1) is 0 Å². The molecule has 64 valence electrons. The van der Waals surface area contributed by atoms with Crippen LogP contribution in [0.4, 0.5) is 0 Å². The molecule has 12 heavy (non-hydrogen) atoms. The Bertz CT molecular complexity index is 239. The van der Waals surface area contributed by atoms with Crippen LogP contribution in [-0.4, -0.2) is 0 Å². The molecule has 0 aliphatic heterocycles. The summed E-state index contributed by atoms with van der Waals surface area (Å²) in [6.07, 6.45) is 16.3. The summed E-state index contributed by atoms with van der Waals surface area (Å²) >= 11 is 0. The fourth-order valence-electron chi connectivity index (χ4n) is 1.45. The molecule has 0 spiro atoms. The van der Waals surface area contributed by atoms with Crippen molar-refractivity contribution >= 4 is 0 Å². The third-order valence-corrected chi connectivity index (χ3v) is 2.10. The molecular formula is C12H16. The highest BCUT2D eigenvalue weighted by molar-refractivity contribution is 5.28. The van der Waals surface area contributed by atoms with E-state index in [4.69, 9.17) is 0 Å². The first-order valence-corrected chi connectivity index (χ1v) is 4.50. The quantitative estimate of drug-likeness (QED) is 0.541. The van der Waals surface area contributed by atoms with E-state index in [1.54, 1.807) is 0 Å². The first-order valence-electron chi connectivity index (χ1n) is 4.50. The van der Waals surface area contributed by atoms with E-state index in [0.29, 0.717) is 5.92 Å². The molecule has 0 aromatic carbocycles. The number of allylic oxidation sites excluding steroid dienone is 8. The number of rotatable bonds is 2. The van der Waals surface area contributed by atoms with Crippen molar-refractivity contribution in [2.75, 3.05) is 0 Å². The summed E-state index contributed by atoms with van der Waals surface area (Å²) in [6.45, 7) is 4.16. The van der Waals surface area contributed by atoms with Gasteiger partial charge in [-0.05, 0) is 25.8 Å². The van der Waals surface area contributed by atoms with Gasteiger partial charge in [-0.25, -0.2) is 0 Å². The topological polar surface area (TPSA) is 0 Å². The standard InChI is InChI=1S/C12H16/c1-3-8-11(4-2)12-9-6-5-7-10-12/h3-9,12H,10H2,1-2H3/b8-3-,11-4+. The van der Waals surface area contributed by atoms with Gasteiger partial charge in [-0.15, -0.1) is 0 Å². The lowest BCUT2D eigenvalue weighted by Gasteiger charge is -2.13. The van der Waals surface area contributed by atoms with E-state index in [1.165, 1.54) is 5.57 Å². The van der Waals surface area contributed by atoms with Crippen molar-refractivity contribution in [3.63, 3.8) is 0 Å². The molecule has 0 bridgehead atoms. The van der Waals surface area contributed by atoms with Crippen LogP contribution < -0.4 is 0 Å². The van der Waals surface area contributed by atoms with Gasteiger partial charge in [0.15, 0.2) is 0 Å². The lowest BCUT2D eigenvalue weighted by atomic mass is 9.92. The van der Waals surface area contributed by atoms with E-state index in [1.807, 2.05) is 0 Å². The van der Waals surface area contributed by atoms with Gasteiger partial charge in [-0.2, -0.15) is 0 Å². The van der Waals surface area contributed by atoms with Crippen LogP contribution in [0.3, 0.4) is 0 Å². The molecule has 0 saturated heterocycles. The summed E-state index contributed by atoms with van der Waals surface area (Å²) in [6, 6.07) is 0. The first kappa shape index (κ1) is 9.05. The molecule has 0 nitrogen and oxygen atoms in total. The van der Waals surface area contributed by atoms with Gasteiger partial charge >= 0.3 is 0 Å². The zero-order valence-corrected chi connectivity index (χ0v) is 7.83. The Morgan fingerprint density at radius 2 is 2.17 bits per heavy atom. The van der Waals surface area contributed by atoms with Crippen molar-refractivity contribution in [1.82, 2.24) is 0 Å². The summed E-state index contributed by atoms with van der Waals surface area (Å²) in [5, 5.41) is 0. The van der Waals surface area contributed by atoms with E-state index in [2.05, 4.69) is 56.4 Å². The molecule has 0 heterocycles. The predicted octanol–water partition coefficient (Wildman–Crippen LogP) is 3.64. The molecule has 0 fully saturated rings. The molecular weight excluding hydrogens is 144 g/mol. The average Bonchev–Trinajstić information content (AvgIpc) is 2.15. The fourth-order valence-corrected chi connectivity index (χ4v) is 1.45. The predicted molar refractivity (Wildman–Crippen MR) is 55.0 cm³/mol. The molecule has 0 saturated carbocycles. The highest BCUT2D eigenvalue weighted by Crippen LogP contribution is 2.21. The van der Waals surface area contributed by atoms with Crippen molar-refractivity contribution in [1.29, 1.82) is 0 Å². The Morgan fingerprint density at radius 3 is 2.67 bits per heavy atom. The lowest BCUT2D eigenvalue weighted by Crippen LogP contribution is -1.99. The van der Waals surface area contributed by atoms with Crippen molar-refractivity contribution in [2.24, 2.45) is 5.92 Å². The van der Waals surface area contributed by atoms with E-state index < -0.39 is 0 Å². The molecule has 0 amide bonds. The van der Waals surface area contributed by atoms with E-state index >= 15 is 0 Å². The average molecular weight is 160 g/mol. The van der Waals surface area contributed by atoms with Crippen LogP contribution >= 0.6 is 0 Å². The second-order valence-corrected chi connectivity index (χ2v) is 2.94. The molecule has 1 aliphatic carbocycles. The molecule has 1 atom stereocenters. The molecule has 0 heteroatoms. The van der Waals surface area contributed by atoms with Gasteiger partial charge in [0.2, 0.25) is 0 Å². The van der Waals surface area contributed by atoms with E-state index in [0.717, 1.165) is 6.42 Å². The monoisotopic (exact) mass is 160 g/mol. The third kappa shape index (κ3) is 2.23. The highest BCUT2D eigenvalue weighted by atomic mass is 14.1. The highest BCUT2D eigenvalue weighted by Gasteiger charge is 2.06. The van der Waals surface area contributed by atoms with Crippen LogP contribution in [0.5, 0.6) is 0 Å². The Morgan fingerprint density at radius 1 is 1.33 bits per heavy atom. The zero-order chi connectivity index (χ0) is 8.81. The normalized spacial score (nSPS) is 23.8. The van der Waals surface area contributed by atoms with Crippen molar-refractivity contribution < 1.29 is 0 Å². The van der Waals surface area contributed by atoms with Crippen LogP contribution in [0.2, 0.25) is 0 Å². The van der Waals surface area contributed by atoms with Crippen LogP contribution in [-0.2, 0) is 0 Å². The zero-order valence-electron chi connectivity index (χ0n) is 7.83. The van der Waals surface area contributed by atoms with Gasteiger partial charge in [-0.3, -0.25) is 0 Å². The van der Waals surface area contributed by atoms with Crippen LogP contribution in [0.15, 0.2) is 48.1 Å². The molecule has 1 unspecified atom stereocenters. The van der Waals surface area contributed by atoms with Crippen molar-refractivity contribution in [3.8, 4) is 0 Å². The summed E-state index contributed by atoms with van der Waals surface area (Å²) in [5.41, 5.74) is 1.41. The van der Waals surface area contributed by atoms with Gasteiger partial charge in [0.1, 0.15) is 0 Å². The van der Waals surface area contributed by atoms with E-state index in [-0.39, 0.29) is 0 Å². The Kier molecular flexibility index (Phi) is 3.59. The molecule has 1 aliphatic rings. The number of hydrogen-bond acceptors (Lipinski definition) is 0. The summed E-state index contributed by atoms with van der Waals surface area (Å²) in [5.74, 6) is 0.594. The van der Waals surface area contributed by atoms with Crippen LogP contribution in [0, 0.1) is 5.92 Å². The molecule has 1 rings (SSSR count). The minimum atomic E-state index is 0.594. The Hall–Kier alpha value is -1.04. The maximum absolute atomic E-state index is 2.26. The molecule has 0 aromatic heterocycles. The summed E-state index contributed by atoms with van der Waals surface area (Å²) < 4.78 is 0. The van der Waals surface area contributed by atoms with Crippen LogP contribution in [0.25, 0.3) is 0 Å². The summed E-state index contributed by atoms with van der Waals surface area (Å²) in [4.78, 5) is 0. The van der Waals surface area contributed by atoms with Crippen molar-refractivity contribution in [3.05, 3.63) is 48.1 Å². The van der Waals surface area contributed by atoms with Gasteiger partial charge in [0, 0.05) is 5.92 Å². The smallest absolute Gasteiger partial charge is 0.00523 e. The molecule has 0 aromatic rings. The maximum Gasteiger partial charge on any atom is 0.00523 e. The summed E-state index contributed by atoms with van der Waals surface area (Å²) in [7, 11) is 0. The largest absolute Gasteiger partial charge is 0.0874 e. The number of hydrogen-bond donors (Lipinski definition) is 0. The van der Waals surface area contributed by atoms with Gasteiger partial charge < -0.3 is 0 Å².